The van der Waals surface area contributed by atoms with Crippen LogP contribution in [0.3, 0.4) is 0 Å². The lowest BCUT2D eigenvalue weighted by atomic mass is 10.1. The number of para-hydroxylation sites is 1. The molecule has 13 heteroatoms. The number of rotatable bonds is 10. The Kier molecular flexibility index (Phi) is 9.07. The number of halogens is 3. The highest BCUT2D eigenvalue weighted by molar-refractivity contribution is 7.09. The summed E-state index contributed by atoms with van der Waals surface area (Å²) in [6, 6.07) is 18.3. The van der Waals surface area contributed by atoms with Crippen LogP contribution < -0.4 is 15.1 Å². The average Bonchev–Trinajstić information content (AvgIpc) is 3.45. The monoisotopic (exact) mass is 626 g/mol. The molecule has 1 aliphatic carbocycles. The van der Waals surface area contributed by atoms with Gasteiger partial charge >= 0.3 is 12.3 Å². The van der Waals surface area contributed by atoms with Crippen molar-refractivity contribution in [2.45, 2.75) is 58.0 Å². The molecule has 5 rings (SSSR count). The smallest absolute Gasteiger partial charge is 0.298 e. The highest BCUT2D eigenvalue weighted by Crippen LogP contribution is 2.34. The quantitative estimate of drug-likeness (QED) is 0.201. The summed E-state index contributed by atoms with van der Waals surface area (Å²) < 4.78 is 41.9. The number of aromatic nitrogens is 3. The number of thiazole rings is 1. The van der Waals surface area contributed by atoms with E-state index in [0.717, 1.165) is 18.4 Å². The fourth-order valence-electron chi connectivity index (χ4n) is 4.54. The molecule has 2 aromatic heterocycles. The molecule has 1 saturated carbocycles. The van der Waals surface area contributed by atoms with Gasteiger partial charge in [-0.1, -0.05) is 53.4 Å². The van der Waals surface area contributed by atoms with Gasteiger partial charge in [0.05, 0.1) is 0 Å². The lowest BCUT2D eigenvalue weighted by Crippen LogP contribution is -2.49. The third-order valence-electron chi connectivity index (χ3n) is 7.06. The van der Waals surface area contributed by atoms with Crippen LogP contribution in [-0.2, 0) is 12.7 Å². The maximum absolute atomic E-state index is 14.4. The van der Waals surface area contributed by atoms with Gasteiger partial charge in [0.25, 0.3) is 5.91 Å². The molecule has 1 atom stereocenters. The lowest BCUT2D eigenvalue weighted by molar-refractivity contribution is -0.142. The number of benzene rings is 2. The molecule has 2 heterocycles. The summed E-state index contributed by atoms with van der Waals surface area (Å²) in [4.78, 5) is 40.9. The van der Waals surface area contributed by atoms with Crippen LogP contribution in [0, 0.1) is 5.92 Å². The topological polar surface area (TPSA) is 92.6 Å². The second kappa shape index (κ2) is 12.8. The second-order valence-corrected chi connectivity index (χ2v) is 12.4. The zero-order chi connectivity index (χ0) is 31.5. The van der Waals surface area contributed by atoms with Crippen molar-refractivity contribution >= 4 is 29.0 Å². The SMILES string of the molecule is CC(C)(C)N(Cc1ccccc1)C(=O)On1nc(C(F)(F)F)cc1C(=O)N(c1ccccc1)C(NCC1CC1)c1nccs1. The van der Waals surface area contributed by atoms with Crippen molar-refractivity contribution in [2.75, 3.05) is 11.4 Å². The first-order valence-electron chi connectivity index (χ1n) is 14.1. The van der Waals surface area contributed by atoms with Crippen molar-refractivity contribution in [1.82, 2.24) is 25.1 Å². The summed E-state index contributed by atoms with van der Waals surface area (Å²) in [5.74, 6) is -0.428. The van der Waals surface area contributed by atoms with E-state index in [-0.39, 0.29) is 6.54 Å². The number of carbonyl (C=O) groups excluding carboxylic acids is 2. The highest BCUT2D eigenvalue weighted by atomic mass is 32.1. The Morgan fingerprint density at radius 1 is 1.07 bits per heavy atom. The van der Waals surface area contributed by atoms with Crippen LogP contribution in [0.2, 0.25) is 0 Å². The van der Waals surface area contributed by atoms with Gasteiger partial charge in [0, 0.05) is 42.0 Å². The number of nitrogens with zero attached hydrogens (tertiary/aromatic N) is 5. The molecule has 44 heavy (non-hydrogen) atoms. The molecule has 0 saturated heterocycles. The summed E-state index contributed by atoms with van der Waals surface area (Å²) in [6.45, 7) is 6.02. The minimum atomic E-state index is -4.91. The molecule has 1 unspecified atom stereocenters. The molecular weight excluding hydrogens is 593 g/mol. The minimum absolute atomic E-state index is 0.118. The Balaban J connectivity index is 1.54. The predicted molar refractivity (Wildman–Crippen MR) is 160 cm³/mol. The Morgan fingerprint density at radius 2 is 1.73 bits per heavy atom. The molecule has 0 spiro atoms. The Hall–Kier alpha value is -4.23. The van der Waals surface area contributed by atoms with Crippen molar-refractivity contribution in [3.63, 3.8) is 0 Å². The first kappa shape index (κ1) is 31.2. The van der Waals surface area contributed by atoms with Crippen LogP contribution in [-0.4, -0.2) is 43.9 Å². The molecule has 0 bridgehead atoms. The molecule has 9 nitrogen and oxygen atoms in total. The van der Waals surface area contributed by atoms with E-state index in [1.54, 1.807) is 62.7 Å². The van der Waals surface area contributed by atoms with E-state index in [1.807, 2.05) is 30.3 Å². The van der Waals surface area contributed by atoms with Crippen LogP contribution in [0.4, 0.5) is 23.7 Å². The van der Waals surface area contributed by atoms with Gasteiger partial charge in [0.1, 0.15) is 11.2 Å². The first-order valence-corrected chi connectivity index (χ1v) is 15.0. The number of hydrogen-bond donors (Lipinski definition) is 1. The van der Waals surface area contributed by atoms with Gasteiger partial charge in [-0.15, -0.1) is 16.4 Å². The van der Waals surface area contributed by atoms with Gasteiger partial charge in [-0.3, -0.25) is 24.7 Å². The Morgan fingerprint density at radius 3 is 2.30 bits per heavy atom. The molecule has 1 N–H and O–H groups in total. The summed E-state index contributed by atoms with van der Waals surface area (Å²) in [7, 11) is 0. The molecule has 1 fully saturated rings. The van der Waals surface area contributed by atoms with Crippen molar-refractivity contribution < 1.29 is 27.6 Å². The number of carbonyl (C=O) groups is 2. The van der Waals surface area contributed by atoms with Crippen molar-refractivity contribution in [1.29, 1.82) is 0 Å². The van der Waals surface area contributed by atoms with E-state index >= 15 is 0 Å². The lowest BCUT2D eigenvalue weighted by Gasteiger charge is -2.34. The van der Waals surface area contributed by atoms with E-state index in [2.05, 4.69) is 15.4 Å². The zero-order valence-electron chi connectivity index (χ0n) is 24.5. The van der Waals surface area contributed by atoms with Crippen LogP contribution in [0.25, 0.3) is 0 Å². The molecule has 4 aromatic rings. The normalized spacial score (nSPS) is 14.2. The predicted octanol–water partition coefficient (Wildman–Crippen LogP) is 6.55. The molecule has 2 aromatic carbocycles. The summed E-state index contributed by atoms with van der Waals surface area (Å²) >= 11 is 1.31. The molecule has 0 radical (unpaired) electrons. The number of amides is 2. The van der Waals surface area contributed by atoms with Gasteiger partial charge in [-0.05, 0) is 57.2 Å². The molecule has 2 amide bonds. The number of nitrogens with one attached hydrogen (secondary N) is 1. The van der Waals surface area contributed by atoms with E-state index in [9.17, 15) is 22.8 Å². The average molecular weight is 627 g/mol. The van der Waals surface area contributed by atoms with Crippen LogP contribution in [0.5, 0.6) is 0 Å². The fourth-order valence-corrected chi connectivity index (χ4v) is 5.24. The van der Waals surface area contributed by atoms with Gasteiger partial charge in [-0.25, -0.2) is 9.78 Å². The minimum Gasteiger partial charge on any atom is -0.298 e. The molecule has 232 valence electrons. The third kappa shape index (κ3) is 7.45. The number of hydrogen-bond acceptors (Lipinski definition) is 7. The molecule has 1 aliphatic rings. The standard InChI is InChI=1S/C31H33F3N6O3S/c1-30(2,3)38(20-22-10-6-4-7-11-22)29(42)43-40-24(18-25(37-40)31(32,33)34)28(41)39(23-12-8-5-9-13-23)26(27-35-16-17-44-27)36-19-21-14-15-21/h4-13,16-18,21,26,36H,14-15,19-20H2,1-3H3. The largest absolute Gasteiger partial charge is 0.436 e. The van der Waals surface area contributed by atoms with E-state index in [1.165, 1.54) is 21.1 Å². The van der Waals surface area contributed by atoms with Gasteiger partial charge < -0.3 is 0 Å². The highest BCUT2D eigenvalue weighted by Gasteiger charge is 2.40. The van der Waals surface area contributed by atoms with Crippen molar-refractivity contribution in [2.24, 2.45) is 5.92 Å². The van der Waals surface area contributed by atoms with E-state index in [0.29, 0.717) is 34.1 Å². The van der Waals surface area contributed by atoms with E-state index in [4.69, 9.17) is 4.84 Å². The number of anilines is 1. The van der Waals surface area contributed by atoms with Crippen LogP contribution in [0.15, 0.2) is 78.3 Å². The van der Waals surface area contributed by atoms with Crippen LogP contribution in [0.1, 0.15) is 66.5 Å². The van der Waals surface area contributed by atoms with Crippen molar-refractivity contribution in [3.05, 3.63) is 100 Å². The summed E-state index contributed by atoms with van der Waals surface area (Å²) in [5, 5.41) is 9.22. The Bertz CT molecular complexity index is 1550. The molecular formula is C31H33F3N6O3S. The maximum Gasteiger partial charge on any atom is 0.436 e. The van der Waals surface area contributed by atoms with E-state index < -0.39 is 41.3 Å². The number of alkyl halides is 3. The van der Waals surface area contributed by atoms with Gasteiger partial charge in [-0.2, -0.15) is 13.2 Å². The first-order chi connectivity index (χ1) is 20.9. The van der Waals surface area contributed by atoms with Crippen molar-refractivity contribution in [3.8, 4) is 0 Å². The van der Waals surface area contributed by atoms with Gasteiger partial charge in [0.15, 0.2) is 11.4 Å². The Labute approximate surface area is 257 Å². The maximum atomic E-state index is 14.4. The summed E-state index contributed by atoms with van der Waals surface area (Å²) in [6.07, 6.45) is -2.99. The zero-order valence-corrected chi connectivity index (χ0v) is 25.3. The fraction of sp³-hybridized carbons (Fsp3) is 0.355. The second-order valence-electron chi connectivity index (χ2n) is 11.5. The van der Waals surface area contributed by atoms with Crippen LogP contribution >= 0.6 is 11.3 Å². The molecule has 0 aliphatic heterocycles. The van der Waals surface area contributed by atoms with Gasteiger partial charge in [0.2, 0.25) is 0 Å². The third-order valence-corrected chi connectivity index (χ3v) is 7.89. The summed E-state index contributed by atoms with van der Waals surface area (Å²) in [5.41, 5.74) is -1.53.